The molecule has 0 unspecified atom stereocenters. The fourth-order valence-electron chi connectivity index (χ4n) is 2.39. The third-order valence-electron chi connectivity index (χ3n) is 3.94. The highest BCUT2D eigenvalue weighted by molar-refractivity contribution is 5.97. The number of hydrogen-bond donors (Lipinski definition) is 1. The second kappa shape index (κ2) is 8.83. The average molecular weight is 374 g/mol. The topological polar surface area (TPSA) is 92.2 Å². The zero-order chi connectivity index (χ0) is 19.9. The van der Waals surface area contributed by atoms with Gasteiger partial charge in [-0.3, -0.25) is 19.6 Å². The summed E-state index contributed by atoms with van der Waals surface area (Å²) in [6, 6.07) is 17.2. The first-order chi connectivity index (χ1) is 13.5. The van der Waals surface area contributed by atoms with Gasteiger partial charge in [0.2, 0.25) is 0 Å². The van der Waals surface area contributed by atoms with Crippen molar-refractivity contribution in [1.82, 2.24) is 0 Å². The molecule has 0 radical (unpaired) electrons. The van der Waals surface area contributed by atoms with Crippen molar-refractivity contribution in [2.75, 3.05) is 6.61 Å². The molecule has 0 aliphatic heterocycles. The molecule has 140 valence electrons. The zero-order valence-electron chi connectivity index (χ0n) is 15.2. The molecule has 3 rings (SSSR count). The van der Waals surface area contributed by atoms with Crippen molar-refractivity contribution < 1.29 is 19.1 Å². The molecular formula is C22H18N2O4. The van der Waals surface area contributed by atoms with Crippen LogP contribution in [0, 0.1) is 0 Å². The minimum absolute atomic E-state index is 0.0140. The number of furan rings is 1. The Labute approximate surface area is 161 Å². The molecule has 0 aliphatic carbocycles. The first kappa shape index (κ1) is 19.1. The van der Waals surface area contributed by atoms with Crippen LogP contribution in [0.1, 0.15) is 39.2 Å². The number of Topliss-reactive ketones (excluding diaryl/α,β-unsaturated/α-hetero) is 2. The van der Waals surface area contributed by atoms with Crippen molar-refractivity contribution in [3.8, 4) is 0 Å². The monoisotopic (exact) mass is 374 g/mol. The highest BCUT2D eigenvalue weighted by Gasteiger charge is 2.03. The summed E-state index contributed by atoms with van der Waals surface area (Å²) >= 11 is 0. The van der Waals surface area contributed by atoms with Gasteiger partial charge in [-0.2, -0.15) is 0 Å². The Morgan fingerprint density at radius 2 is 1.29 bits per heavy atom. The second-order valence-electron chi connectivity index (χ2n) is 5.99. The van der Waals surface area contributed by atoms with E-state index in [0.717, 1.165) is 0 Å². The molecule has 3 aromatic rings. The van der Waals surface area contributed by atoms with E-state index in [2.05, 4.69) is 9.98 Å². The van der Waals surface area contributed by atoms with Crippen molar-refractivity contribution in [3.05, 3.63) is 83.3 Å². The van der Waals surface area contributed by atoms with Gasteiger partial charge in [-0.1, -0.05) is 0 Å². The maximum Gasteiger partial charge on any atom is 0.188 e. The predicted octanol–water partition coefficient (Wildman–Crippen LogP) is 4.16. The summed E-state index contributed by atoms with van der Waals surface area (Å²) in [5, 5.41) is 8.85. The van der Waals surface area contributed by atoms with Crippen molar-refractivity contribution in [1.29, 1.82) is 0 Å². The molecule has 1 heterocycles. The molecule has 6 nitrogen and oxygen atoms in total. The number of carbonyl (C=O) groups is 2. The van der Waals surface area contributed by atoms with E-state index in [0.29, 0.717) is 34.0 Å². The van der Waals surface area contributed by atoms with Gasteiger partial charge in [0.05, 0.1) is 23.8 Å². The Bertz CT molecular complexity index is 1030. The molecule has 0 aliphatic rings. The smallest absolute Gasteiger partial charge is 0.188 e. The van der Waals surface area contributed by atoms with Crippen LogP contribution in [0.4, 0.5) is 11.4 Å². The van der Waals surface area contributed by atoms with E-state index in [4.69, 9.17) is 9.52 Å². The molecule has 28 heavy (non-hydrogen) atoms. The van der Waals surface area contributed by atoms with Crippen LogP contribution in [0.2, 0.25) is 0 Å². The Hall–Kier alpha value is -3.64. The molecule has 0 saturated heterocycles. The lowest BCUT2D eigenvalue weighted by molar-refractivity contribution is 0.0903. The first-order valence-electron chi connectivity index (χ1n) is 8.58. The Balaban J connectivity index is 1.64. The second-order valence-corrected chi connectivity index (χ2v) is 5.99. The lowest BCUT2D eigenvalue weighted by atomic mass is 10.1. The number of ketones is 2. The van der Waals surface area contributed by atoms with Crippen molar-refractivity contribution >= 4 is 35.4 Å². The minimum Gasteiger partial charge on any atom is -0.454 e. The normalized spacial score (nSPS) is 11.4. The molecule has 0 saturated carbocycles. The maximum atomic E-state index is 11.4. The van der Waals surface area contributed by atoms with Gasteiger partial charge in [-0.05, 0) is 67.6 Å². The van der Waals surface area contributed by atoms with Crippen LogP contribution in [0.5, 0.6) is 0 Å². The number of aliphatic imine (C=N–C) groups is 2. The Morgan fingerprint density at radius 3 is 1.71 bits per heavy atom. The highest BCUT2D eigenvalue weighted by atomic mass is 16.3. The van der Waals surface area contributed by atoms with Crippen LogP contribution in [0.15, 0.2) is 75.1 Å². The zero-order valence-corrected chi connectivity index (χ0v) is 15.2. The van der Waals surface area contributed by atoms with Gasteiger partial charge in [-0.25, -0.2) is 0 Å². The average Bonchev–Trinajstić information content (AvgIpc) is 3.18. The van der Waals surface area contributed by atoms with Gasteiger partial charge in [0, 0.05) is 11.1 Å². The van der Waals surface area contributed by atoms with Crippen LogP contribution in [-0.4, -0.2) is 35.7 Å². The Morgan fingerprint density at radius 1 is 0.821 bits per heavy atom. The van der Waals surface area contributed by atoms with Gasteiger partial charge < -0.3 is 9.52 Å². The van der Waals surface area contributed by atoms with Crippen LogP contribution in [-0.2, 0) is 0 Å². The van der Waals surface area contributed by atoms with Crippen molar-refractivity contribution in [3.63, 3.8) is 0 Å². The van der Waals surface area contributed by atoms with E-state index in [1.165, 1.54) is 6.92 Å². The quantitative estimate of drug-likeness (QED) is 0.496. The van der Waals surface area contributed by atoms with Gasteiger partial charge in [0.15, 0.2) is 11.6 Å². The molecule has 0 spiro atoms. The summed E-state index contributed by atoms with van der Waals surface area (Å²) < 4.78 is 5.63. The minimum atomic E-state index is -0.514. The summed E-state index contributed by atoms with van der Waals surface area (Å²) in [7, 11) is 0. The van der Waals surface area contributed by atoms with Crippen LogP contribution < -0.4 is 0 Å². The summed E-state index contributed by atoms with van der Waals surface area (Å²) in [5.74, 6) is 0.812. The van der Waals surface area contributed by atoms with Gasteiger partial charge in [0.25, 0.3) is 0 Å². The van der Waals surface area contributed by atoms with Crippen LogP contribution in [0.3, 0.4) is 0 Å². The van der Waals surface area contributed by atoms with Crippen molar-refractivity contribution in [2.45, 2.75) is 6.92 Å². The summed E-state index contributed by atoms with van der Waals surface area (Å²) in [4.78, 5) is 31.3. The Kier molecular flexibility index (Phi) is 6.04. The number of aliphatic hydroxyl groups excluding tert-OH is 1. The van der Waals surface area contributed by atoms with E-state index in [1.54, 1.807) is 73.1 Å². The van der Waals surface area contributed by atoms with E-state index < -0.39 is 6.61 Å². The first-order valence-corrected chi connectivity index (χ1v) is 8.58. The molecule has 0 fully saturated rings. The largest absolute Gasteiger partial charge is 0.454 e. The van der Waals surface area contributed by atoms with Crippen molar-refractivity contribution in [2.24, 2.45) is 9.98 Å². The molecule has 0 bridgehead atoms. The summed E-state index contributed by atoms with van der Waals surface area (Å²) in [6.07, 6.45) is 3.16. The molecule has 0 amide bonds. The van der Waals surface area contributed by atoms with Gasteiger partial charge >= 0.3 is 0 Å². The molecule has 0 atom stereocenters. The lowest BCUT2D eigenvalue weighted by Gasteiger charge is -1.97. The molecule has 6 heteroatoms. The number of hydrogen-bond acceptors (Lipinski definition) is 6. The van der Waals surface area contributed by atoms with Gasteiger partial charge in [-0.15, -0.1) is 0 Å². The third kappa shape index (κ3) is 4.96. The molecule has 1 aromatic heterocycles. The molecule has 2 aromatic carbocycles. The van der Waals surface area contributed by atoms with E-state index in [-0.39, 0.29) is 11.6 Å². The summed E-state index contributed by atoms with van der Waals surface area (Å²) in [6.45, 7) is 1.01. The number of carbonyl (C=O) groups excluding carboxylic acids is 2. The number of nitrogens with zero attached hydrogens (tertiary/aromatic N) is 2. The van der Waals surface area contributed by atoms with E-state index >= 15 is 0 Å². The van der Waals surface area contributed by atoms with E-state index in [9.17, 15) is 9.59 Å². The van der Waals surface area contributed by atoms with Crippen LogP contribution >= 0.6 is 0 Å². The third-order valence-corrected chi connectivity index (χ3v) is 3.94. The van der Waals surface area contributed by atoms with E-state index in [1.807, 2.05) is 0 Å². The standard InChI is InChI=1S/C22H18N2O4/c1-15(26)16-2-6-18(7-3-16)23-12-20-10-11-21(28-20)13-24-19-8-4-17(5-9-19)22(27)14-25/h2-13,25H,14H2,1H3. The molecule has 1 N–H and O–H groups in total. The van der Waals surface area contributed by atoms with Crippen LogP contribution in [0.25, 0.3) is 0 Å². The lowest BCUT2D eigenvalue weighted by Crippen LogP contribution is -2.03. The maximum absolute atomic E-state index is 11.4. The summed E-state index contributed by atoms with van der Waals surface area (Å²) in [5.41, 5.74) is 2.46. The molecular weight excluding hydrogens is 356 g/mol. The predicted molar refractivity (Wildman–Crippen MR) is 108 cm³/mol. The number of rotatable bonds is 7. The fraction of sp³-hybridized carbons (Fsp3) is 0.0909. The van der Waals surface area contributed by atoms with Gasteiger partial charge in [0.1, 0.15) is 18.1 Å². The SMILES string of the molecule is CC(=O)c1ccc(N=Cc2ccc(C=Nc3ccc(C(=O)CO)cc3)o2)cc1. The number of aliphatic hydroxyl groups is 1. The fourth-order valence-corrected chi connectivity index (χ4v) is 2.39. The number of benzene rings is 2. The highest BCUT2D eigenvalue weighted by Crippen LogP contribution is 2.16.